The zero-order valence-electron chi connectivity index (χ0n) is 7.10. The second-order valence-corrected chi connectivity index (χ2v) is 5.21. The minimum atomic E-state index is 0.564. The Balaban J connectivity index is 1.77. The molecule has 1 atom stereocenters. The van der Waals surface area contributed by atoms with Gasteiger partial charge < -0.3 is 5.73 Å². The Labute approximate surface area is 68.3 Å². The Kier molecular flexibility index (Phi) is 0.976. The molecule has 62 valence electrons. The van der Waals surface area contributed by atoms with Gasteiger partial charge in [-0.15, -0.1) is 0 Å². The van der Waals surface area contributed by atoms with Crippen LogP contribution in [0.5, 0.6) is 0 Å². The molecule has 0 heterocycles. The van der Waals surface area contributed by atoms with Crippen LogP contribution in [0.4, 0.5) is 0 Å². The highest BCUT2D eigenvalue weighted by molar-refractivity contribution is 5.15. The summed E-state index contributed by atoms with van der Waals surface area (Å²) in [7, 11) is 0. The van der Waals surface area contributed by atoms with E-state index in [-0.39, 0.29) is 0 Å². The van der Waals surface area contributed by atoms with Crippen molar-refractivity contribution in [1.82, 2.24) is 0 Å². The van der Waals surface area contributed by atoms with Crippen molar-refractivity contribution in [2.45, 2.75) is 51.0 Å². The maximum absolute atomic E-state index is 6.12. The molecule has 2 N–H and O–H groups in total. The van der Waals surface area contributed by atoms with Crippen molar-refractivity contribution in [2.24, 2.45) is 16.6 Å². The fraction of sp³-hybridized carbons (Fsp3) is 1.00. The van der Waals surface area contributed by atoms with E-state index in [9.17, 15) is 0 Å². The summed E-state index contributed by atoms with van der Waals surface area (Å²) < 4.78 is 0. The molecule has 0 aromatic heterocycles. The molecule has 0 aromatic rings. The quantitative estimate of drug-likeness (QED) is 0.563. The van der Waals surface area contributed by atoms with Crippen LogP contribution in [-0.4, -0.2) is 6.04 Å². The molecule has 1 heteroatoms. The summed E-state index contributed by atoms with van der Waals surface area (Å²) in [5, 5.41) is 0. The monoisotopic (exact) mass is 151 g/mol. The lowest BCUT2D eigenvalue weighted by molar-refractivity contribution is 0.0270. The van der Waals surface area contributed by atoms with Crippen molar-refractivity contribution in [3.8, 4) is 0 Å². The Morgan fingerprint density at radius 1 is 1.09 bits per heavy atom. The van der Waals surface area contributed by atoms with Crippen LogP contribution < -0.4 is 5.73 Å². The van der Waals surface area contributed by atoms with Gasteiger partial charge in [0.15, 0.2) is 0 Å². The van der Waals surface area contributed by atoms with E-state index in [2.05, 4.69) is 0 Å². The molecule has 3 rings (SSSR count). The molecule has 0 aliphatic heterocycles. The predicted molar refractivity (Wildman–Crippen MR) is 45.2 cm³/mol. The van der Waals surface area contributed by atoms with E-state index in [1.165, 1.54) is 44.9 Å². The summed E-state index contributed by atoms with van der Waals surface area (Å²) in [5.41, 5.74) is 7.62. The van der Waals surface area contributed by atoms with Gasteiger partial charge in [-0.3, -0.25) is 0 Å². The van der Waals surface area contributed by atoms with E-state index >= 15 is 0 Å². The van der Waals surface area contributed by atoms with Crippen molar-refractivity contribution >= 4 is 0 Å². The lowest BCUT2D eigenvalue weighted by Gasteiger charge is -2.49. The maximum atomic E-state index is 6.12. The summed E-state index contributed by atoms with van der Waals surface area (Å²) in [5.74, 6) is 0. The van der Waals surface area contributed by atoms with Gasteiger partial charge in [0.25, 0.3) is 0 Å². The smallest absolute Gasteiger partial charge is 0.00959 e. The highest BCUT2D eigenvalue weighted by Crippen LogP contribution is 2.72. The molecule has 3 aliphatic rings. The van der Waals surface area contributed by atoms with Crippen molar-refractivity contribution in [1.29, 1.82) is 0 Å². The number of nitrogens with two attached hydrogens (primary N) is 1. The summed E-state index contributed by atoms with van der Waals surface area (Å²) in [6, 6.07) is 0.564. The van der Waals surface area contributed by atoms with Crippen LogP contribution in [0.15, 0.2) is 0 Å². The first kappa shape index (κ1) is 6.47. The molecule has 1 unspecified atom stereocenters. The highest BCUT2D eigenvalue weighted by atomic mass is 14.8. The molecule has 0 radical (unpaired) electrons. The second-order valence-electron chi connectivity index (χ2n) is 5.21. The van der Waals surface area contributed by atoms with Crippen LogP contribution in [-0.2, 0) is 0 Å². The zero-order chi connectivity index (χ0) is 7.53. The zero-order valence-corrected chi connectivity index (χ0v) is 7.10. The third kappa shape index (κ3) is 0.703. The largest absolute Gasteiger partial charge is 0.327 e. The van der Waals surface area contributed by atoms with Crippen LogP contribution in [0.25, 0.3) is 0 Å². The summed E-state index contributed by atoms with van der Waals surface area (Å²) >= 11 is 0. The van der Waals surface area contributed by atoms with Crippen molar-refractivity contribution in [3.05, 3.63) is 0 Å². The number of hydrogen-bond acceptors (Lipinski definition) is 1. The average Bonchev–Trinajstić information content (AvgIpc) is 2.56. The van der Waals surface area contributed by atoms with Crippen LogP contribution in [0.3, 0.4) is 0 Å². The fourth-order valence-corrected chi connectivity index (χ4v) is 3.58. The fourth-order valence-electron chi connectivity index (χ4n) is 3.58. The number of rotatable bonds is 0. The summed E-state index contributed by atoms with van der Waals surface area (Å²) in [4.78, 5) is 0. The van der Waals surface area contributed by atoms with Crippen LogP contribution >= 0.6 is 0 Å². The van der Waals surface area contributed by atoms with E-state index in [1.807, 2.05) is 0 Å². The topological polar surface area (TPSA) is 26.0 Å². The molecule has 0 amide bonds. The van der Waals surface area contributed by atoms with Gasteiger partial charge in [-0.05, 0) is 49.4 Å². The SMILES string of the molecule is NC1CCCC12CC1(CC1)C2. The van der Waals surface area contributed by atoms with Gasteiger partial charge in [0.2, 0.25) is 0 Å². The maximum Gasteiger partial charge on any atom is 0.00959 e. The molecular formula is C10H17N. The Morgan fingerprint density at radius 2 is 1.82 bits per heavy atom. The third-order valence-corrected chi connectivity index (χ3v) is 4.39. The molecule has 3 saturated carbocycles. The minimum Gasteiger partial charge on any atom is -0.327 e. The summed E-state index contributed by atoms with van der Waals surface area (Å²) in [6.45, 7) is 0. The van der Waals surface area contributed by atoms with Crippen LogP contribution in [0.2, 0.25) is 0 Å². The molecule has 3 fully saturated rings. The molecule has 0 aromatic carbocycles. The molecule has 0 bridgehead atoms. The summed E-state index contributed by atoms with van der Waals surface area (Å²) in [6.07, 6.45) is 10.1. The lowest BCUT2D eigenvalue weighted by Crippen LogP contribution is -2.48. The first-order valence-electron chi connectivity index (χ1n) is 5.01. The Bertz CT molecular complexity index is 185. The van der Waals surface area contributed by atoms with Crippen LogP contribution in [0.1, 0.15) is 44.9 Å². The second kappa shape index (κ2) is 1.66. The first-order chi connectivity index (χ1) is 5.25. The molecule has 11 heavy (non-hydrogen) atoms. The van der Waals surface area contributed by atoms with E-state index in [1.54, 1.807) is 0 Å². The molecule has 3 aliphatic carbocycles. The van der Waals surface area contributed by atoms with Gasteiger partial charge in [0.05, 0.1) is 0 Å². The minimum absolute atomic E-state index is 0.564. The van der Waals surface area contributed by atoms with Gasteiger partial charge in [0.1, 0.15) is 0 Å². The van der Waals surface area contributed by atoms with Gasteiger partial charge in [-0.1, -0.05) is 6.42 Å². The third-order valence-electron chi connectivity index (χ3n) is 4.39. The van der Waals surface area contributed by atoms with Gasteiger partial charge in [0, 0.05) is 6.04 Å². The lowest BCUT2D eigenvalue weighted by atomic mass is 9.57. The van der Waals surface area contributed by atoms with Crippen LogP contribution in [0, 0.1) is 10.8 Å². The average molecular weight is 151 g/mol. The number of hydrogen-bond donors (Lipinski definition) is 1. The van der Waals surface area contributed by atoms with Crippen molar-refractivity contribution in [3.63, 3.8) is 0 Å². The Hall–Kier alpha value is -0.0400. The van der Waals surface area contributed by atoms with E-state index in [0.29, 0.717) is 11.5 Å². The Morgan fingerprint density at radius 3 is 2.27 bits per heavy atom. The molecular weight excluding hydrogens is 134 g/mol. The molecule has 0 saturated heterocycles. The van der Waals surface area contributed by atoms with Gasteiger partial charge in [-0.2, -0.15) is 0 Å². The normalized spacial score (nSPS) is 42.8. The van der Waals surface area contributed by atoms with Gasteiger partial charge in [-0.25, -0.2) is 0 Å². The predicted octanol–water partition coefficient (Wildman–Crippen LogP) is 2.06. The van der Waals surface area contributed by atoms with E-state index in [4.69, 9.17) is 5.73 Å². The van der Waals surface area contributed by atoms with E-state index < -0.39 is 0 Å². The van der Waals surface area contributed by atoms with Gasteiger partial charge >= 0.3 is 0 Å². The molecule has 1 nitrogen and oxygen atoms in total. The first-order valence-corrected chi connectivity index (χ1v) is 5.01. The highest BCUT2D eigenvalue weighted by Gasteiger charge is 2.63. The van der Waals surface area contributed by atoms with Crippen molar-refractivity contribution < 1.29 is 0 Å². The standard InChI is InChI=1S/C10H17N/c11-8-2-1-3-10(8)6-9(7-10)4-5-9/h8H,1-7,11H2. The van der Waals surface area contributed by atoms with Crippen molar-refractivity contribution in [2.75, 3.05) is 0 Å². The molecule has 2 spiro atoms. The van der Waals surface area contributed by atoms with E-state index in [0.717, 1.165) is 5.41 Å².